The number of rotatable bonds is 6. The molecule has 2 aliphatic heterocycles. The Morgan fingerprint density at radius 3 is 3.00 bits per heavy atom. The molecule has 0 radical (unpaired) electrons. The molecular weight excluding hydrogens is 204 g/mol. The number of hydrogen-bond donors (Lipinski definition) is 1. The topological polar surface area (TPSA) is 33.7 Å². The van der Waals surface area contributed by atoms with Crippen molar-refractivity contribution in [1.29, 1.82) is 0 Å². The molecule has 0 spiro atoms. The quantitative estimate of drug-likeness (QED) is 0.665. The van der Waals surface area contributed by atoms with Crippen LogP contribution in [-0.4, -0.2) is 64.1 Å². The molecule has 94 valence electrons. The molecule has 2 aliphatic rings. The second-order valence-corrected chi connectivity index (χ2v) is 4.83. The summed E-state index contributed by atoms with van der Waals surface area (Å²) in [6, 6.07) is 0.743. The lowest BCUT2D eigenvalue weighted by Crippen LogP contribution is -2.40. The highest BCUT2D eigenvalue weighted by atomic mass is 16.5. The molecule has 0 aromatic carbocycles. The first-order valence-electron chi connectivity index (χ1n) is 6.42. The van der Waals surface area contributed by atoms with E-state index in [1.54, 1.807) is 7.11 Å². The molecule has 1 N–H and O–H groups in total. The molecule has 2 atom stereocenters. The van der Waals surface area contributed by atoms with Gasteiger partial charge in [-0.2, -0.15) is 0 Å². The van der Waals surface area contributed by atoms with Crippen molar-refractivity contribution in [3.05, 3.63) is 0 Å². The molecule has 0 amide bonds. The molecule has 0 saturated carbocycles. The fraction of sp³-hybridized carbons (Fsp3) is 1.00. The normalized spacial score (nSPS) is 30.6. The molecular formula is C12H24N2O2. The molecule has 4 nitrogen and oxygen atoms in total. The van der Waals surface area contributed by atoms with E-state index in [-0.39, 0.29) is 0 Å². The predicted molar refractivity (Wildman–Crippen MR) is 63.6 cm³/mol. The van der Waals surface area contributed by atoms with E-state index in [1.807, 2.05) is 0 Å². The maximum atomic E-state index is 5.50. The average Bonchev–Trinajstić information content (AvgIpc) is 2.71. The molecule has 16 heavy (non-hydrogen) atoms. The van der Waals surface area contributed by atoms with Gasteiger partial charge >= 0.3 is 0 Å². The van der Waals surface area contributed by atoms with Crippen LogP contribution < -0.4 is 5.32 Å². The van der Waals surface area contributed by atoms with Crippen LogP contribution in [-0.2, 0) is 9.47 Å². The Labute approximate surface area is 98.3 Å². The van der Waals surface area contributed by atoms with Crippen LogP contribution in [0.2, 0.25) is 0 Å². The first kappa shape index (κ1) is 12.3. The summed E-state index contributed by atoms with van der Waals surface area (Å²) >= 11 is 0. The zero-order valence-corrected chi connectivity index (χ0v) is 10.3. The van der Waals surface area contributed by atoms with Gasteiger partial charge in [-0.25, -0.2) is 0 Å². The number of nitrogens with one attached hydrogen (secondary N) is 1. The third-order valence-corrected chi connectivity index (χ3v) is 3.66. The SMILES string of the molecule is COCCOCCN1CC2CCCNC2C1. The fourth-order valence-electron chi connectivity index (χ4n) is 2.76. The monoisotopic (exact) mass is 228 g/mol. The summed E-state index contributed by atoms with van der Waals surface area (Å²) in [6.45, 7) is 6.99. The molecule has 0 aliphatic carbocycles. The van der Waals surface area contributed by atoms with E-state index in [4.69, 9.17) is 9.47 Å². The summed E-state index contributed by atoms with van der Waals surface area (Å²) in [6.07, 6.45) is 2.75. The number of piperidine rings is 1. The number of fused-ring (bicyclic) bond motifs is 1. The third kappa shape index (κ3) is 3.42. The van der Waals surface area contributed by atoms with Crippen LogP contribution in [0.3, 0.4) is 0 Å². The molecule has 0 aromatic rings. The number of nitrogens with zero attached hydrogens (tertiary/aromatic N) is 1. The summed E-state index contributed by atoms with van der Waals surface area (Å²) in [7, 11) is 1.71. The number of hydrogen-bond acceptors (Lipinski definition) is 4. The van der Waals surface area contributed by atoms with Crippen molar-refractivity contribution in [2.75, 3.05) is 53.1 Å². The molecule has 4 heteroatoms. The third-order valence-electron chi connectivity index (χ3n) is 3.66. The number of likely N-dealkylation sites (tertiary alicyclic amines) is 1. The van der Waals surface area contributed by atoms with E-state index in [0.717, 1.165) is 31.7 Å². The van der Waals surface area contributed by atoms with Crippen LogP contribution in [0.1, 0.15) is 12.8 Å². The zero-order valence-electron chi connectivity index (χ0n) is 10.3. The maximum Gasteiger partial charge on any atom is 0.0700 e. The van der Waals surface area contributed by atoms with E-state index < -0.39 is 0 Å². The average molecular weight is 228 g/mol. The van der Waals surface area contributed by atoms with Gasteiger partial charge in [-0.1, -0.05) is 0 Å². The van der Waals surface area contributed by atoms with Crippen molar-refractivity contribution < 1.29 is 9.47 Å². The van der Waals surface area contributed by atoms with Crippen LogP contribution in [0.5, 0.6) is 0 Å². The Kier molecular flexibility index (Phi) is 5.03. The second kappa shape index (κ2) is 6.55. The Morgan fingerprint density at radius 1 is 1.25 bits per heavy atom. The Bertz CT molecular complexity index is 187. The molecule has 2 saturated heterocycles. The standard InChI is InChI=1S/C12H24N2O2/c1-15-7-8-16-6-5-14-9-11-3-2-4-13-12(11)10-14/h11-13H,2-10H2,1H3. The van der Waals surface area contributed by atoms with E-state index in [9.17, 15) is 0 Å². The minimum atomic E-state index is 0.701. The van der Waals surface area contributed by atoms with Gasteiger partial charge in [0.25, 0.3) is 0 Å². The molecule has 2 rings (SSSR count). The summed E-state index contributed by atoms with van der Waals surface area (Å²) in [5, 5.41) is 3.62. The maximum absolute atomic E-state index is 5.50. The smallest absolute Gasteiger partial charge is 0.0700 e. The van der Waals surface area contributed by atoms with Gasteiger partial charge in [-0.3, -0.25) is 4.90 Å². The zero-order chi connectivity index (χ0) is 11.2. The van der Waals surface area contributed by atoms with Crippen molar-refractivity contribution in [2.24, 2.45) is 5.92 Å². The largest absolute Gasteiger partial charge is 0.382 e. The van der Waals surface area contributed by atoms with Crippen molar-refractivity contribution in [3.63, 3.8) is 0 Å². The summed E-state index contributed by atoms with van der Waals surface area (Å²) < 4.78 is 10.4. The second-order valence-electron chi connectivity index (χ2n) is 4.83. The van der Waals surface area contributed by atoms with Crippen LogP contribution in [0, 0.1) is 5.92 Å². The van der Waals surface area contributed by atoms with Gasteiger partial charge in [0, 0.05) is 32.8 Å². The van der Waals surface area contributed by atoms with Crippen LogP contribution >= 0.6 is 0 Å². The number of methoxy groups -OCH3 is 1. The Balaban J connectivity index is 1.57. The highest BCUT2D eigenvalue weighted by molar-refractivity contribution is 4.91. The summed E-state index contributed by atoms with van der Waals surface area (Å²) in [5.74, 6) is 0.882. The Hall–Kier alpha value is -0.160. The van der Waals surface area contributed by atoms with E-state index in [2.05, 4.69) is 10.2 Å². The molecule has 0 bridgehead atoms. The molecule has 0 aromatic heterocycles. The van der Waals surface area contributed by atoms with Gasteiger partial charge in [0.1, 0.15) is 0 Å². The van der Waals surface area contributed by atoms with Crippen LogP contribution in [0.4, 0.5) is 0 Å². The van der Waals surface area contributed by atoms with Gasteiger partial charge in [0.05, 0.1) is 19.8 Å². The highest BCUT2D eigenvalue weighted by Gasteiger charge is 2.33. The highest BCUT2D eigenvalue weighted by Crippen LogP contribution is 2.24. The predicted octanol–water partition coefficient (Wildman–Crippen LogP) is 0.333. The lowest BCUT2D eigenvalue weighted by Gasteiger charge is -2.24. The van der Waals surface area contributed by atoms with Gasteiger partial charge in [-0.05, 0) is 25.3 Å². The van der Waals surface area contributed by atoms with Crippen molar-refractivity contribution in [1.82, 2.24) is 10.2 Å². The van der Waals surface area contributed by atoms with E-state index in [0.29, 0.717) is 6.61 Å². The molecule has 2 unspecified atom stereocenters. The Morgan fingerprint density at radius 2 is 2.19 bits per heavy atom. The van der Waals surface area contributed by atoms with Crippen molar-refractivity contribution >= 4 is 0 Å². The molecule has 2 fully saturated rings. The first-order valence-corrected chi connectivity index (χ1v) is 6.42. The summed E-state index contributed by atoms with van der Waals surface area (Å²) in [5.41, 5.74) is 0. The van der Waals surface area contributed by atoms with Gasteiger partial charge < -0.3 is 14.8 Å². The van der Waals surface area contributed by atoms with Gasteiger partial charge in [0.15, 0.2) is 0 Å². The van der Waals surface area contributed by atoms with Crippen LogP contribution in [0.25, 0.3) is 0 Å². The van der Waals surface area contributed by atoms with Crippen molar-refractivity contribution in [2.45, 2.75) is 18.9 Å². The van der Waals surface area contributed by atoms with E-state index in [1.165, 1.54) is 32.5 Å². The number of ether oxygens (including phenoxy) is 2. The van der Waals surface area contributed by atoms with Gasteiger partial charge in [0.2, 0.25) is 0 Å². The van der Waals surface area contributed by atoms with E-state index >= 15 is 0 Å². The van der Waals surface area contributed by atoms with Crippen LogP contribution in [0.15, 0.2) is 0 Å². The summed E-state index contributed by atoms with van der Waals surface area (Å²) in [4.78, 5) is 2.53. The van der Waals surface area contributed by atoms with Crippen molar-refractivity contribution in [3.8, 4) is 0 Å². The lowest BCUT2D eigenvalue weighted by atomic mass is 9.94. The molecule has 2 heterocycles. The minimum Gasteiger partial charge on any atom is -0.382 e. The lowest BCUT2D eigenvalue weighted by molar-refractivity contribution is 0.0598. The fourth-order valence-corrected chi connectivity index (χ4v) is 2.76. The minimum absolute atomic E-state index is 0.701. The first-order chi connectivity index (χ1) is 7.90. The van der Waals surface area contributed by atoms with Gasteiger partial charge in [-0.15, -0.1) is 0 Å².